The highest BCUT2D eigenvalue weighted by molar-refractivity contribution is 5.33. The van der Waals surface area contributed by atoms with Crippen LogP contribution in [-0.2, 0) is 12.8 Å². The lowest BCUT2D eigenvalue weighted by atomic mass is 10.1. The molecule has 2 nitrogen and oxygen atoms in total. The average molecular weight is 202 g/mol. The lowest BCUT2D eigenvalue weighted by molar-refractivity contribution is 0.528. The van der Waals surface area contributed by atoms with Crippen LogP contribution in [0.4, 0.5) is 4.39 Å². The van der Waals surface area contributed by atoms with Crippen molar-refractivity contribution in [2.24, 2.45) is 0 Å². The molecule has 1 aliphatic carbocycles. The minimum absolute atomic E-state index is 0.139. The summed E-state index contributed by atoms with van der Waals surface area (Å²) in [6.07, 6.45) is 7.46. The van der Waals surface area contributed by atoms with Crippen molar-refractivity contribution in [1.29, 1.82) is 0 Å². The molecule has 1 atom stereocenters. The Kier molecular flexibility index (Phi) is 1.84. The zero-order chi connectivity index (χ0) is 10.3. The molecule has 1 unspecified atom stereocenters. The topological polar surface area (TPSA) is 17.8 Å². The first-order chi connectivity index (χ1) is 7.33. The van der Waals surface area contributed by atoms with Gasteiger partial charge in [0.05, 0.1) is 6.33 Å². The number of rotatable bonds is 1. The molecule has 1 heterocycles. The summed E-state index contributed by atoms with van der Waals surface area (Å²) in [7, 11) is 0. The van der Waals surface area contributed by atoms with Gasteiger partial charge in [0, 0.05) is 18.4 Å². The van der Waals surface area contributed by atoms with Crippen molar-refractivity contribution in [3.63, 3.8) is 0 Å². The SMILES string of the molecule is Fc1ccc2c(c1)CC(n1ccnc1)C2. The van der Waals surface area contributed by atoms with Crippen molar-refractivity contribution in [2.75, 3.05) is 0 Å². The van der Waals surface area contributed by atoms with E-state index in [0.717, 1.165) is 18.4 Å². The maximum absolute atomic E-state index is 13.0. The Balaban J connectivity index is 1.92. The fraction of sp³-hybridized carbons (Fsp3) is 0.250. The fourth-order valence-electron chi connectivity index (χ4n) is 2.26. The van der Waals surface area contributed by atoms with E-state index in [0.29, 0.717) is 6.04 Å². The van der Waals surface area contributed by atoms with Gasteiger partial charge in [0.25, 0.3) is 0 Å². The molecule has 76 valence electrons. The van der Waals surface area contributed by atoms with Crippen molar-refractivity contribution < 1.29 is 4.39 Å². The lowest BCUT2D eigenvalue weighted by Crippen LogP contribution is -2.05. The molecule has 0 bridgehead atoms. The minimum atomic E-state index is -0.139. The highest BCUT2D eigenvalue weighted by Crippen LogP contribution is 2.30. The summed E-state index contributed by atoms with van der Waals surface area (Å²) in [6, 6.07) is 5.48. The third-order valence-electron chi connectivity index (χ3n) is 3.03. The van der Waals surface area contributed by atoms with E-state index < -0.39 is 0 Å². The summed E-state index contributed by atoms with van der Waals surface area (Å²) in [5, 5.41) is 0. The molecule has 2 aromatic rings. The molecule has 0 fully saturated rings. The van der Waals surface area contributed by atoms with Crippen LogP contribution in [0.2, 0.25) is 0 Å². The third kappa shape index (κ3) is 1.44. The van der Waals surface area contributed by atoms with E-state index in [-0.39, 0.29) is 5.82 Å². The van der Waals surface area contributed by atoms with Gasteiger partial charge in [-0.25, -0.2) is 9.37 Å². The van der Waals surface area contributed by atoms with E-state index in [2.05, 4.69) is 9.55 Å². The van der Waals surface area contributed by atoms with Crippen LogP contribution in [0, 0.1) is 5.82 Å². The van der Waals surface area contributed by atoms with Gasteiger partial charge in [-0.2, -0.15) is 0 Å². The van der Waals surface area contributed by atoms with Crippen LogP contribution < -0.4 is 0 Å². The molecular formula is C12H11FN2. The van der Waals surface area contributed by atoms with Crippen LogP contribution >= 0.6 is 0 Å². The molecule has 1 aliphatic rings. The first-order valence-electron chi connectivity index (χ1n) is 5.07. The Morgan fingerprint density at radius 3 is 2.93 bits per heavy atom. The van der Waals surface area contributed by atoms with Crippen LogP contribution in [0.1, 0.15) is 17.2 Å². The zero-order valence-corrected chi connectivity index (χ0v) is 8.23. The molecule has 0 radical (unpaired) electrons. The van der Waals surface area contributed by atoms with Gasteiger partial charge in [-0.1, -0.05) is 6.07 Å². The molecule has 0 spiro atoms. The highest BCUT2D eigenvalue weighted by atomic mass is 19.1. The number of halogens is 1. The summed E-state index contributed by atoms with van der Waals surface area (Å²) in [5.74, 6) is -0.139. The number of aromatic nitrogens is 2. The number of imidazole rings is 1. The molecule has 0 saturated heterocycles. The van der Waals surface area contributed by atoms with Gasteiger partial charge in [0.1, 0.15) is 5.82 Å². The van der Waals surface area contributed by atoms with Gasteiger partial charge < -0.3 is 4.57 Å². The monoisotopic (exact) mass is 202 g/mol. The summed E-state index contributed by atoms with van der Waals surface area (Å²) >= 11 is 0. The minimum Gasteiger partial charge on any atom is -0.334 e. The summed E-state index contributed by atoms with van der Waals surface area (Å²) in [6.45, 7) is 0. The standard InChI is InChI=1S/C12H11FN2/c13-11-2-1-9-6-12(7-10(9)5-11)15-4-3-14-8-15/h1-5,8,12H,6-7H2. The van der Waals surface area contributed by atoms with E-state index in [1.165, 1.54) is 11.6 Å². The van der Waals surface area contributed by atoms with E-state index in [9.17, 15) is 4.39 Å². The van der Waals surface area contributed by atoms with E-state index in [1.807, 2.05) is 18.6 Å². The summed E-state index contributed by atoms with van der Waals surface area (Å²) in [5.41, 5.74) is 2.39. The third-order valence-corrected chi connectivity index (χ3v) is 3.03. The smallest absolute Gasteiger partial charge is 0.123 e. The molecule has 1 aromatic heterocycles. The quantitative estimate of drug-likeness (QED) is 0.694. The Morgan fingerprint density at radius 1 is 1.27 bits per heavy atom. The Labute approximate surface area is 87.4 Å². The molecule has 3 heteroatoms. The van der Waals surface area contributed by atoms with E-state index in [1.54, 1.807) is 12.3 Å². The number of benzene rings is 1. The molecule has 0 aliphatic heterocycles. The summed E-state index contributed by atoms with van der Waals surface area (Å²) in [4.78, 5) is 4.04. The predicted molar refractivity (Wildman–Crippen MR) is 55.1 cm³/mol. The van der Waals surface area contributed by atoms with Gasteiger partial charge in [0.15, 0.2) is 0 Å². The molecule has 15 heavy (non-hydrogen) atoms. The first kappa shape index (κ1) is 8.65. The number of hydrogen-bond donors (Lipinski definition) is 0. The van der Waals surface area contributed by atoms with Crippen LogP contribution in [0.3, 0.4) is 0 Å². The number of fused-ring (bicyclic) bond motifs is 1. The zero-order valence-electron chi connectivity index (χ0n) is 8.23. The van der Waals surface area contributed by atoms with Gasteiger partial charge in [-0.05, 0) is 36.1 Å². The Hall–Kier alpha value is -1.64. The maximum Gasteiger partial charge on any atom is 0.123 e. The molecule has 0 N–H and O–H groups in total. The molecule has 3 rings (SSSR count). The van der Waals surface area contributed by atoms with Crippen LogP contribution in [0.15, 0.2) is 36.9 Å². The van der Waals surface area contributed by atoms with Gasteiger partial charge in [0.2, 0.25) is 0 Å². The largest absolute Gasteiger partial charge is 0.334 e. The molecule has 0 saturated carbocycles. The summed E-state index contributed by atoms with van der Waals surface area (Å²) < 4.78 is 15.1. The lowest BCUT2D eigenvalue weighted by Gasteiger charge is -2.09. The van der Waals surface area contributed by atoms with Gasteiger partial charge in [-0.15, -0.1) is 0 Å². The van der Waals surface area contributed by atoms with Crippen molar-refractivity contribution >= 4 is 0 Å². The number of nitrogens with zero attached hydrogens (tertiary/aromatic N) is 2. The van der Waals surface area contributed by atoms with Crippen molar-refractivity contribution in [3.8, 4) is 0 Å². The molecule has 1 aromatic carbocycles. The second-order valence-corrected chi connectivity index (χ2v) is 3.99. The molecular weight excluding hydrogens is 191 g/mol. The van der Waals surface area contributed by atoms with Crippen LogP contribution in [0.25, 0.3) is 0 Å². The predicted octanol–water partition coefficient (Wildman–Crippen LogP) is 2.36. The number of hydrogen-bond acceptors (Lipinski definition) is 1. The maximum atomic E-state index is 13.0. The van der Waals surface area contributed by atoms with Crippen LogP contribution in [-0.4, -0.2) is 9.55 Å². The van der Waals surface area contributed by atoms with Crippen molar-refractivity contribution in [2.45, 2.75) is 18.9 Å². The highest BCUT2D eigenvalue weighted by Gasteiger charge is 2.22. The second kappa shape index (κ2) is 3.19. The van der Waals surface area contributed by atoms with Crippen LogP contribution in [0.5, 0.6) is 0 Å². The fourth-order valence-corrected chi connectivity index (χ4v) is 2.26. The van der Waals surface area contributed by atoms with Crippen molar-refractivity contribution in [3.05, 3.63) is 53.9 Å². The Morgan fingerprint density at radius 2 is 2.13 bits per heavy atom. The van der Waals surface area contributed by atoms with Crippen molar-refractivity contribution in [1.82, 2.24) is 9.55 Å². The van der Waals surface area contributed by atoms with Gasteiger partial charge >= 0.3 is 0 Å². The second-order valence-electron chi connectivity index (χ2n) is 3.99. The average Bonchev–Trinajstić information content (AvgIpc) is 2.84. The first-order valence-corrected chi connectivity index (χ1v) is 5.07. The van der Waals surface area contributed by atoms with E-state index in [4.69, 9.17) is 0 Å². The van der Waals surface area contributed by atoms with Gasteiger partial charge in [-0.3, -0.25) is 0 Å². The van der Waals surface area contributed by atoms with E-state index >= 15 is 0 Å². The molecule has 0 amide bonds. The normalized spacial score (nSPS) is 19.1. The Bertz CT molecular complexity index is 476.